The number of hydrogen-bond donors (Lipinski definition) is 1. The number of amides is 1. The molecular weight excluding hydrogens is 336 g/mol. The van der Waals surface area contributed by atoms with E-state index in [0.717, 1.165) is 68.7 Å². The summed E-state index contributed by atoms with van der Waals surface area (Å²) in [4.78, 5) is 14.3. The first-order valence-electron chi connectivity index (χ1n) is 9.98. The number of furan rings is 1. The molecule has 1 saturated heterocycles. The highest BCUT2D eigenvalue weighted by atomic mass is 16.3. The van der Waals surface area contributed by atoms with Gasteiger partial charge in [-0.2, -0.15) is 0 Å². The molecule has 1 fully saturated rings. The molecule has 2 heterocycles. The van der Waals surface area contributed by atoms with E-state index in [1.807, 2.05) is 41.3 Å². The molecule has 0 spiro atoms. The Morgan fingerprint density at radius 3 is 2.56 bits per heavy atom. The molecule has 1 N–H and O–H groups in total. The van der Waals surface area contributed by atoms with Crippen LogP contribution in [0.15, 0.2) is 47.1 Å². The lowest BCUT2D eigenvalue weighted by Crippen LogP contribution is -2.27. The first-order chi connectivity index (χ1) is 13.3. The molecule has 0 aliphatic carbocycles. The van der Waals surface area contributed by atoms with Gasteiger partial charge in [0.1, 0.15) is 0 Å². The van der Waals surface area contributed by atoms with Crippen molar-refractivity contribution < 1.29 is 9.21 Å². The van der Waals surface area contributed by atoms with Crippen molar-refractivity contribution in [2.24, 2.45) is 0 Å². The molecule has 0 unspecified atom stereocenters. The fourth-order valence-electron chi connectivity index (χ4n) is 3.26. The van der Waals surface area contributed by atoms with Crippen LogP contribution in [-0.4, -0.2) is 30.4 Å². The van der Waals surface area contributed by atoms with Gasteiger partial charge in [-0.15, -0.1) is 0 Å². The Hall–Kier alpha value is -2.67. The number of anilines is 1. The van der Waals surface area contributed by atoms with Crippen molar-refractivity contribution in [3.63, 3.8) is 0 Å². The summed E-state index contributed by atoms with van der Waals surface area (Å²) in [5.41, 5.74) is 1.87. The molecule has 0 bridgehead atoms. The second-order valence-corrected chi connectivity index (χ2v) is 6.95. The van der Waals surface area contributed by atoms with Crippen LogP contribution in [0.5, 0.6) is 0 Å². The summed E-state index contributed by atoms with van der Waals surface area (Å²) in [6, 6.07) is 11.6. The van der Waals surface area contributed by atoms with Crippen LogP contribution in [0.4, 0.5) is 5.69 Å². The highest BCUT2D eigenvalue weighted by molar-refractivity contribution is 5.94. The summed E-state index contributed by atoms with van der Waals surface area (Å²) < 4.78 is 5.18. The Morgan fingerprint density at radius 1 is 1.04 bits per heavy atom. The van der Waals surface area contributed by atoms with Gasteiger partial charge in [0.2, 0.25) is 0 Å². The largest absolute Gasteiger partial charge is 0.456 e. The zero-order chi connectivity index (χ0) is 18.7. The third-order valence-corrected chi connectivity index (χ3v) is 4.82. The van der Waals surface area contributed by atoms with E-state index in [9.17, 15) is 4.79 Å². The predicted octanol–water partition coefficient (Wildman–Crippen LogP) is 4.93. The van der Waals surface area contributed by atoms with Crippen LogP contribution in [0.1, 0.15) is 61.1 Å². The van der Waals surface area contributed by atoms with Gasteiger partial charge in [-0.05, 0) is 68.0 Å². The molecule has 1 aromatic carbocycles. The molecule has 4 heteroatoms. The van der Waals surface area contributed by atoms with E-state index in [1.54, 1.807) is 6.26 Å². The molecule has 142 valence electrons. The minimum absolute atomic E-state index is 0.161. The van der Waals surface area contributed by atoms with Gasteiger partial charge in [-0.3, -0.25) is 4.79 Å². The fourth-order valence-corrected chi connectivity index (χ4v) is 3.26. The van der Waals surface area contributed by atoms with Crippen LogP contribution >= 0.6 is 0 Å². The predicted molar refractivity (Wildman–Crippen MR) is 109 cm³/mol. The maximum atomic E-state index is 12.3. The lowest BCUT2D eigenvalue weighted by atomic mass is 10.1. The Labute approximate surface area is 161 Å². The molecule has 1 aromatic heterocycles. The number of nitrogens with zero attached hydrogens (tertiary/aromatic N) is 1. The number of unbranched alkanes of at least 4 members (excludes halogenated alkanes) is 4. The number of nitrogens with one attached hydrogen (secondary N) is 1. The fraction of sp³-hybridized carbons (Fsp3) is 0.435. The van der Waals surface area contributed by atoms with Gasteiger partial charge in [0.05, 0.1) is 6.26 Å². The third-order valence-electron chi connectivity index (χ3n) is 4.82. The molecule has 1 amide bonds. The quantitative estimate of drug-likeness (QED) is 0.534. The van der Waals surface area contributed by atoms with Gasteiger partial charge < -0.3 is 14.6 Å². The Morgan fingerprint density at radius 2 is 1.81 bits per heavy atom. The molecule has 0 atom stereocenters. The number of rotatable bonds is 8. The van der Waals surface area contributed by atoms with Crippen molar-refractivity contribution in [2.75, 3.05) is 25.0 Å². The van der Waals surface area contributed by atoms with Gasteiger partial charge in [0, 0.05) is 37.3 Å². The van der Waals surface area contributed by atoms with E-state index in [2.05, 4.69) is 17.2 Å². The summed E-state index contributed by atoms with van der Waals surface area (Å²) in [6.07, 6.45) is 9.47. The normalized spacial score (nSPS) is 13.3. The Kier molecular flexibility index (Phi) is 7.41. The molecule has 1 aliphatic heterocycles. The molecular formula is C23H28N2O2. The number of benzene rings is 1. The monoisotopic (exact) mass is 364 g/mol. The lowest BCUT2D eigenvalue weighted by Gasteiger charge is -2.15. The van der Waals surface area contributed by atoms with Crippen LogP contribution in [-0.2, 0) is 0 Å². The van der Waals surface area contributed by atoms with Crippen molar-refractivity contribution in [1.82, 2.24) is 4.90 Å². The van der Waals surface area contributed by atoms with Crippen molar-refractivity contribution in [3.05, 3.63) is 54.0 Å². The molecule has 27 heavy (non-hydrogen) atoms. The van der Waals surface area contributed by atoms with Crippen molar-refractivity contribution in [2.45, 2.75) is 44.9 Å². The molecule has 3 rings (SSSR count). The topological polar surface area (TPSA) is 45.5 Å². The zero-order valence-corrected chi connectivity index (χ0v) is 15.9. The van der Waals surface area contributed by atoms with Crippen LogP contribution in [0.25, 0.3) is 0 Å². The number of likely N-dealkylation sites (tertiary alicyclic amines) is 1. The standard InChI is InChI=1S/C23H28N2O2/c26-23(25-17-7-8-18-25)20-12-14-21(15-13-20)24-16-6-4-2-1-3-5-10-22-11-9-19-27-22/h9,11-15,19,24H,1-4,6-8,16-18H2. The summed E-state index contributed by atoms with van der Waals surface area (Å²) >= 11 is 0. The first-order valence-corrected chi connectivity index (χ1v) is 9.98. The second kappa shape index (κ2) is 10.5. The first kappa shape index (κ1) is 19.1. The zero-order valence-electron chi connectivity index (χ0n) is 15.9. The van der Waals surface area contributed by atoms with Crippen molar-refractivity contribution in [3.8, 4) is 11.8 Å². The molecule has 4 nitrogen and oxygen atoms in total. The average Bonchev–Trinajstić information content (AvgIpc) is 3.40. The molecule has 2 aromatic rings. The van der Waals surface area contributed by atoms with E-state index in [1.165, 1.54) is 12.8 Å². The number of carbonyl (C=O) groups is 1. The van der Waals surface area contributed by atoms with Gasteiger partial charge in [-0.1, -0.05) is 18.8 Å². The minimum Gasteiger partial charge on any atom is -0.456 e. The van der Waals surface area contributed by atoms with Crippen LogP contribution in [0.2, 0.25) is 0 Å². The van der Waals surface area contributed by atoms with Crippen LogP contribution < -0.4 is 5.32 Å². The summed E-state index contributed by atoms with van der Waals surface area (Å²) in [7, 11) is 0. The average molecular weight is 364 g/mol. The van der Waals surface area contributed by atoms with E-state index in [0.29, 0.717) is 0 Å². The smallest absolute Gasteiger partial charge is 0.253 e. The molecule has 0 saturated carbocycles. The highest BCUT2D eigenvalue weighted by Gasteiger charge is 2.18. The SMILES string of the molecule is O=C(c1ccc(NCCCCCCC#Cc2ccco2)cc1)N1CCCC1. The van der Waals surface area contributed by atoms with Gasteiger partial charge >= 0.3 is 0 Å². The Bertz CT molecular complexity index is 748. The van der Waals surface area contributed by atoms with Crippen LogP contribution in [0.3, 0.4) is 0 Å². The van der Waals surface area contributed by atoms with Gasteiger partial charge in [-0.25, -0.2) is 0 Å². The maximum absolute atomic E-state index is 12.3. The van der Waals surface area contributed by atoms with Gasteiger partial charge in [0.15, 0.2) is 5.76 Å². The van der Waals surface area contributed by atoms with E-state index in [-0.39, 0.29) is 5.91 Å². The summed E-state index contributed by atoms with van der Waals surface area (Å²) in [6.45, 7) is 2.75. The third kappa shape index (κ3) is 6.21. The lowest BCUT2D eigenvalue weighted by molar-refractivity contribution is 0.0793. The highest BCUT2D eigenvalue weighted by Crippen LogP contribution is 2.15. The summed E-state index contributed by atoms with van der Waals surface area (Å²) in [5, 5.41) is 3.44. The Balaban J connectivity index is 1.26. The minimum atomic E-state index is 0.161. The number of carbonyl (C=O) groups excluding carboxylic acids is 1. The number of hydrogen-bond acceptors (Lipinski definition) is 3. The van der Waals surface area contributed by atoms with E-state index < -0.39 is 0 Å². The van der Waals surface area contributed by atoms with E-state index >= 15 is 0 Å². The van der Waals surface area contributed by atoms with Crippen molar-refractivity contribution >= 4 is 11.6 Å². The van der Waals surface area contributed by atoms with E-state index in [4.69, 9.17) is 4.42 Å². The van der Waals surface area contributed by atoms with Crippen molar-refractivity contribution in [1.29, 1.82) is 0 Å². The molecule has 0 radical (unpaired) electrons. The van der Waals surface area contributed by atoms with Gasteiger partial charge in [0.25, 0.3) is 5.91 Å². The molecule has 1 aliphatic rings. The maximum Gasteiger partial charge on any atom is 0.253 e. The second-order valence-electron chi connectivity index (χ2n) is 6.95. The van der Waals surface area contributed by atoms with Crippen LogP contribution in [0, 0.1) is 11.8 Å². The summed E-state index contributed by atoms with van der Waals surface area (Å²) in [5.74, 6) is 7.08.